The lowest BCUT2D eigenvalue weighted by Crippen LogP contribution is -2.72. The summed E-state index contributed by atoms with van der Waals surface area (Å²) in [4.78, 5) is 17.1. The van der Waals surface area contributed by atoms with Gasteiger partial charge in [0.1, 0.15) is 6.54 Å². The number of carbonyl (C=O) groups excluding carboxylic acids is 1. The van der Waals surface area contributed by atoms with Crippen LogP contribution >= 0.6 is 0 Å². The molecule has 2 N–H and O–H groups in total. The van der Waals surface area contributed by atoms with Crippen LogP contribution in [-0.4, -0.2) is 30.1 Å². The molecule has 0 aliphatic carbocycles. The summed E-state index contributed by atoms with van der Waals surface area (Å²) in [5, 5.41) is 3.30. The first-order valence-electron chi connectivity index (χ1n) is 8.38. The maximum absolute atomic E-state index is 12.3. The summed E-state index contributed by atoms with van der Waals surface area (Å²) in [7, 11) is 0. The second-order valence-electron chi connectivity index (χ2n) is 6.05. The van der Waals surface area contributed by atoms with Gasteiger partial charge in [-0.1, -0.05) is 25.1 Å². The van der Waals surface area contributed by atoms with Crippen molar-refractivity contribution in [1.82, 2.24) is 4.90 Å². The molecular weight excluding hydrogens is 318 g/mol. The summed E-state index contributed by atoms with van der Waals surface area (Å²) >= 11 is 0. The number of hydrogen-bond acceptors (Lipinski definition) is 4. The molecule has 25 heavy (non-hydrogen) atoms. The number of benzene rings is 2. The van der Waals surface area contributed by atoms with Gasteiger partial charge in [-0.25, -0.2) is 5.32 Å². The van der Waals surface area contributed by atoms with Gasteiger partial charge in [0, 0.05) is 0 Å². The minimum absolute atomic E-state index is 0.0327. The number of carbonyl (C=O) groups is 1. The Balaban J connectivity index is 1.49. The molecule has 6 nitrogen and oxygen atoms in total. The van der Waals surface area contributed by atoms with Crippen LogP contribution in [0.15, 0.2) is 42.5 Å². The van der Waals surface area contributed by atoms with Gasteiger partial charge in [0.25, 0.3) is 0 Å². The predicted octanol–water partition coefficient (Wildman–Crippen LogP) is 0.869. The van der Waals surface area contributed by atoms with Crippen LogP contribution in [-0.2, 0) is 17.8 Å². The Bertz CT molecular complexity index is 830. The summed E-state index contributed by atoms with van der Waals surface area (Å²) < 4.78 is 10.7. The standard InChI is InChI=1S/C19H19N3O3/c1-2-13-3-6-15(7-4-13)21-19-20-10-18(23)22(19)11-14-5-8-16-17(9-14)25-12-24-16/h3-9H,2,10-12H2,1H3,(H,20,21)/p+1. The topological polar surface area (TPSA) is 64.8 Å². The quantitative estimate of drug-likeness (QED) is 0.868. The number of guanidine groups is 1. The van der Waals surface area contributed by atoms with E-state index in [4.69, 9.17) is 9.47 Å². The molecule has 4 rings (SSSR count). The minimum Gasteiger partial charge on any atom is -0.454 e. The first kappa shape index (κ1) is 15.5. The SMILES string of the molecule is CCc1ccc(NC2=[NH+]CC(=O)N2Cc2ccc3c(c2)OCO3)cc1. The molecule has 6 heteroatoms. The number of ether oxygens (including phenoxy) is 2. The second-order valence-corrected chi connectivity index (χ2v) is 6.05. The average molecular weight is 338 g/mol. The van der Waals surface area contributed by atoms with E-state index in [1.54, 1.807) is 4.90 Å². The third kappa shape index (κ3) is 3.15. The lowest BCUT2D eigenvalue weighted by atomic mass is 10.1. The Kier molecular flexibility index (Phi) is 4.01. The van der Waals surface area contributed by atoms with E-state index in [2.05, 4.69) is 29.4 Å². The van der Waals surface area contributed by atoms with Gasteiger partial charge in [-0.2, -0.15) is 4.90 Å². The van der Waals surface area contributed by atoms with Gasteiger partial charge in [0.15, 0.2) is 18.0 Å². The normalized spacial score (nSPS) is 15.5. The van der Waals surface area contributed by atoms with Gasteiger partial charge in [-0.15, -0.1) is 0 Å². The van der Waals surface area contributed by atoms with E-state index >= 15 is 0 Å². The first-order valence-corrected chi connectivity index (χ1v) is 8.38. The van der Waals surface area contributed by atoms with Gasteiger partial charge in [-0.3, -0.25) is 9.79 Å². The van der Waals surface area contributed by atoms with Crippen molar-refractivity contribution in [3.8, 4) is 11.5 Å². The molecule has 2 aliphatic heterocycles. The first-order chi connectivity index (χ1) is 12.2. The molecular formula is C19H20N3O3+. The highest BCUT2D eigenvalue weighted by Gasteiger charge is 2.33. The zero-order valence-corrected chi connectivity index (χ0v) is 14.0. The van der Waals surface area contributed by atoms with E-state index < -0.39 is 0 Å². The summed E-state index contributed by atoms with van der Waals surface area (Å²) in [6, 6.07) is 14.0. The highest BCUT2D eigenvalue weighted by molar-refractivity contribution is 6.04. The Hall–Kier alpha value is -3.02. The minimum atomic E-state index is 0.0327. The van der Waals surface area contributed by atoms with Crippen molar-refractivity contribution < 1.29 is 19.3 Å². The van der Waals surface area contributed by atoms with Crippen LogP contribution in [0.1, 0.15) is 18.1 Å². The largest absolute Gasteiger partial charge is 0.454 e. The van der Waals surface area contributed by atoms with Crippen molar-refractivity contribution in [2.24, 2.45) is 0 Å². The molecule has 1 amide bonds. The Morgan fingerprint density at radius 2 is 1.84 bits per heavy atom. The second kappa shape index (κ2) is 6.47. The molecule has 0 aromatic heterocycles. The van der Waals surface area contributed by atoms with E-state index in [-0.39, 0.29) is 12.7 Å². The van der Waals surface area contributed by atoms with Crippen molar-refractivity contribution in [1.29, 1.82) is 0 Å². The van der Waals surface area contributed by atoms with Crippen LogP contribution in [0.25, 0.3) is 0 Å². The molecule has 2 aliphatic rings. The molecule has 0 saturated carbocycles. The maximum atomic E-state index is 12.3. The zero-order chi connectivity index (χ0) is 17.2. The van der Waals surface area contributed by atoms with E-state index in [0.717, 1.165) is 29.2 Å². The molecule has 0 atom stereocenters. The lowest BCUT2D eigenvalue weighted by Gasteiger charge is -2.13. The van der Waals surface area contributed by atoms with Crippen molar-refractivity contribution in [3.63, 3.8) is 0 Å². The highest BCUT2D eigenvalue weighted by atomic mass is 16.7. The monoisotopic (exact) mass is 338 g/mol. The molecule has 0 bridgehead atoms. The predicted molar refractivity (Wildman–Crippen MR) is 93.4 cm³/mol. The molecule has 0 radical (unpaired) electrons. The summed E-state index contributed by atoms with van der Waals surface area (Å²) in [6.45, 7) is 3.13. The van der Waals surface area contributed by atoms with Crippen molar-refractivity contribution >= 4 is 17.6 Å². The van der Waals surface area contributed by atoms with Gasteiger partial charge < -0.3 is 9.47 Å². The lowest BCUT2D eigenvalue weighted by molar-refractivity contribution is -0.438. The van der Waals surface area contributed by atoms with E-state index in [1.165, 1.54) is 5.56 Å². The Labute approximate surface area is 146 Å². The summed E-state index contributed by atoms with van der Waals surface area (Å²) in [5.41, 5.74) is 3.22. The number of hydrogen-bond donors (Lipinski definition) is 2. The van der Waals surface area contributed by atoms with Gasteiger partial charge >= 0.3 is 11.9 Å². The third-order valence-corrected chi connectivity index (χ3v) is 4.38. The fourth-order valence-corrected chi connectivity index (χ4v) is 2.94. The molecule has 128 valence electrons. The number of aryl methyl sites for hydroxylation is 1. The Morgan fingerprint density at radius 1 is 1.08 bits per heavy atom. The zero-order valence-electron chi connectivity index (χ0n) is 14.0. The Morgan fingerprint density at radius 3 is 2.64 bits per heavy atom. The molecule has 0 fully saturated rings. The molecule has 0 saturated heterocycles. The number of rotatable bonds is 4. The van der Waals surface area contributed by atoms with Gasteiger partial charge in [0.2, 0.25) is 6.79 Å². The maximum Gasteiger partial charge on any atom is 0.358 e. The smallest absolute Gasteiger partial charge is 0.358 e. The van der Waals surface area contributed by atoms with Crippen molar-refractivity contribution in [2.75, 3.05) is 18.7 Å². The van der Waals surface area contributed by atoms with Crippen molar-refractivity contribution in [3.05, 3.63) is 53.6 Å². The number of nitrogens with zero attached hydrogens (tertiary/aromatic N) is 1. The van der Waals surface area contributed by atoms with E-state index in [0.29, 0.717) is 19.0 Å². The van der Waals surface area contributed by atoms with Crippen LogP contribution < -0.4 is 19.8 Å². The van der Waals surface area contributed by atoms with Crippen LogP contribution in [0.3, 0.4) is 0 Å². The summed E-state index contributed by atoms with van der Waals surface area (Å²) in [5.74, 6) is 2.20. The van der Waals surface area contributed by atoms with E-state index in [9.17, 15) is 4.79 Å². The van der Waals surface area contributed by atoms with Crippen molar-refractivity contribution in [2.45, 2.75) is 19.9 Å². The van der Waals surface area contributed by atoms with E-state index in [1.807, 2.05) is 30.3 Å². The third-order valence-electron chi connectivity index (χ3n) is 4.38. The average Bonchev–Trinajstić information content (AvgIpc) is 3.23. The molecule has 2 aromatic rings. The number of amides is 1. The van der Waals surface area contributed by atoms with Crippen LogP contribution in [0, 0.1) is 0 Å². The number of nitrogens with one attached hydrogen (secondary N) is 2. The van der Waals surface area contributed by atoms with Crippen LogP contribution in [0.2, 0.25) is 0 Å². The molecule has 2 heterocycles. The van der Waals surface area contributed by atoms with Gasteiger partial charge in [0.05, 0.1) is 5.69 Å². The number of anilines is 1. The molecule has 0 unspecified atom stereocenters. The highest BCUT2D eigenvalue weighted by Crippen LogP contribution is 2.32. The molecule has 2 aromatic carbocycles. The van der Waals surface area contributed by atoms with Crippen LogP contribution in [0.4, 0.5) is 5.69 Å². The van der Waals surface area contributed by atoms with Gasteiger partial charge in [-0.05, 0) is 41.8 Å². The summed E-state index contributed by atoms with van der Waals surface area (Å²) in [6.07, 6.45) is 1.00. The fourth-order valence-electron chi connectivity index (χ4n) is 2.94. The molecule has 0 spiro atoms. The van der Waals surface area contributed by atoms with Crippen LogP contribution in [0.5, 0.6) is 11.5 Å². The fraction of sp³-hybridized carbons (Fsp3) is 0.263. The number of fused-ring (bicyclic) bond motifs is 1.